The van der Waals surface area contributed by atoms with E-state index in [0.29, 0.717) is 12.5 Å². The first-order valence-corrected chi connectivity index (χ1v) is 7.38. The first-order valence-electron chi connectivity index (χ1n) is 7.38. The Labute approximate surface area is 123 Å². The van der Waals surface area contributed by atoms with Crippen LogP contribution in [-0.2, 0) is 0 Å². The molecule has 4 nitrogen and oxygen atoms in total. The second-order valence-electron chi connectivity index (χ2n) is 5.86. The van der Waals surface area contributed by atoms with E-state index in [0.717, 1.165) is 43.8 Å². The predicted molar refractivity (Wildman–Crippen MR) is 79.2 cm³/mol. The lowest BCUT2D eigenvalue weighted by molar-refractivity contribution is 0.315. The molecule has 0 radical (unpaired) electrons. The molecule has 1 unspecified atom stereocenters. The summed E-state index contributed by atoms with van der Waals surface area (Å²) in [6.45, 7) is 2.82. The maximum atomic E-state index is 13.5. The number of guanidine groups is 1. The lowest BCUT2D eigenvalue weighted by Gasteiger charge is -2.14. The molecule has 1 aliphatic heterocycles. The maximum Gasteiger partial charge on any atom is 0.193 e. The number of aliphatic imine (C=N–C) groups is 1. The molecule has 1 aromatic carbocycles. The molecule has 21 heavy (non-hydrogen) atoms. The summed E-state index contributed by atoms with van der Waals surface area (Å²) >= 11 is 0. The van der Waals surface area contributed by atoms with E-state index < -0.39 is 11.6 Å². The van der Waals surface area contributed by atoms with E-state index in [4.69, 9.17) is 5.73 Å². The number of likely N-dealkylation sites (tertiary alicyclic amines) is 1. The number of halogens is 2. The van der Waals surface area contributed by atoms with Crippen molar-refractivity contribution in [2.75, 3.05) is 25.0 Å². The Morgan fingerprint density at radius 1 is 1.33 bits per heavy atom. The van der Waals surface area contributed by atoms with Crippen molar-refractivity contribution in [2.24, 2.45) is 16.6 Å². The molecule has 0 spiro atoms. The van der Waals surface area contributed by atoms with E-state index in [9.17, 15) is 8.78 Å². The fourth-order valence-electron chi connectivity index (χ4n) is 2.78. The van der Waals surface area contributed by atoms with E-state index in [2.05, 4.69) is 15.2 Å². The Hall–Kier alpha value is -1.69. The van der Waals surface area contributed by atoms with Crippen molar-refractivity contribution in [3.63, 3.8) is 0 Å². The highest BCUT2D eigenvalue weighted by molar-refractivity contribution is 5.92. The van der Waals surface area contributed by atoms with Crippen LogP contribution >= 0.6 is 0 Å². The van der Waals surface area contributed by atoms with Crippen molar-refractivity contribution in [3.8, 4) is 0 Å². The molecule has 3 N–H and O–H groups in total. The molecule has 6 heteroatoms. The molecule has 0 aromatic heterocycles. The number of nitrogens with zero attached hydrogens (tertiary/aromatic N) is 2. The molecule has 3 rings (SSSR count). The molecular weight excluding hydrogens is 274 g/mol. The van der Waals surface area contributed by atoms with Gasteiger partial charge in [-0.05, 0) is 43.9 Å². The number of rotatable bonds is 4. The third kappa shape index (κ3) is 3.69. The minimum Gasteiger partial charge on any atom is -0.370 e. The van der Waals surface area contributed by atoms with Crippen LogP contribution in [0.25, 0.3) is 0 Å². The van der Waals surface area contributed by atoms with Crippen LogP contribution in [0.3, 0.4) is 0 Å². The van der Waals surface area contributed by atoms with Gasteiger partial charge >= 0.3 is 0 Å². The molecule has 2 fully saturated rings. The average molecular weight is 294 g/mol. The van der Waals surface area contributed by atoms with Crippen LogP contribution < -0.4 is 11.1 Å². The minimum atomic E-state index is -0.546. The van der Waals surface area contributed by atoms with Gasteiger partial charge in [0, 0.05) is 25.2 Å². The average Bonchev–Trinajstić information content (AvgIpc) is 3.20. The summed E-state index contributed by atoms with van der Waals surface area (Å²) in [6, 6.07) is 3.99. The number of benzene rings is 1. The van der Waals surface area contributed by atoms with Gasteiger partial charge in [0.2, 0.25) is 0 Å². The van der Waals surface area contributed by atoms with Crippen LogP contribution in [0.15, 0.2) is 23.2 Å². The van der Waals surface area contributed by atoms with E-state index in [1.165, 1.54) is 12.8 Å². The Morgan fingerprint density at radius 3 is 2.90 bits per heavy atom. The quantitative estimate of drug-likeness (QED) is 0.661. The van der Waals surface area contributed by atoms with Gasteiger partial charge in [-0.2, -0.15) is 0 Å². The predicted octanol–water partition coefficient (Wildman–Crippen LogP) is 2.18. The van der Waals surface area contributed by atoms with Crippen LogP contribution in [0.2, 0.25) is 0 Å². The van der Waals surface area contributed by atoms with E-state index in [1.54, 1.807) is 0 Å². The standard InChI is InChI=1S/C15H20F2N4/c16-11-1-4-13(17)14(7-11)20-15(18)19-8-10-5-6-21(9-10)12-2-3-12/h1,4,7,10,12H,2-3,5-6,8-9H2,(H3,18,19,20). The van der Waals surface area contributed by atoms with Crippen molar-refractivity contribution < 1.29 is 8.78 Å². The Bertz CT molecular complexity index is 542. The van der Waals surface area contributed by atoms with Crippen LogP contribution in [0.1, 0.15) is 19.3 Å². The van der Waals surface area contributed by atoms with Crippen LogP contribution in [0.5, 0.6) is 0 Å². The minimum absolute atomic E-state index is 0.0160. The second kappa shape index (κ2) is 5.97. The van der Waals surface area contributed by atoms with Gasteiger partial charge in [0.05, 0.1) is 5.69 Å². The fourth-order valence-corrected chi connectivity index (χ4v) is 2.78. The number of anilines is 1. The molecule has 1 heterocycles. The first kappa shape index (κ1) is 14.3. The second-order valence-corrected chi connectivity index (χ2v) is 5.86. The van der Waals surface area contributed by atoms with Gasteiger partial charge in [-0.3, -0.25) is 4.99 Å². The van der Waals surface area contributed by atoms with Crippen molar-refractivity contribution in [1.82, 2.24) is 4.90 Å². The number of nitrogens with two attached hydrogens (primary N) is 1. The Morgan fingerprint density at radius 2 is 2.14 bits per heavy atom. The summed E-state index contributed by atoms with van der Waals surface area (Å²) in [5.41, 5.74) is 5.76. The lowest BCUT2D eigenvalue weighted by atomic mass is 10.1. The number of hydrogen-bond donors (Lipinski definition) is 2. The SMILES string of the molecule is NC(=NCC1CCN(C2CC2)C1)Nc1cc(F)ccc1F. The summed E-state index contributed by atoms with van der Waals surface area (Å²) < 4.78 is 26.5. The molecule has 1 saturated carbocycles. The molecule has 0 amide bonds. The first-order chi connectivity index (χ1) is 10.1. The van der Waals surface area contributed by atoms with Gasteiger partial charge in [0.25, 0.3) is 0 Å². The highest BCUT2D eigenvalue weighted by atomic mass is 19.1. The maximum absolute atomic E-state index is 13.5. The fraction of sp³-hybridized carbons (Fsp3) is 0.533. The van der Waals surface area contributed by atoms with Crippen molar-refractivity contribution in [3.05, 3.63) is 29.8 Å². The zero-order chi connectivity index (χ0) is 14.8. The summed E-state index contributed by atoms with van der Waals surface area (Å²) in [7, 11) is 0. The largest absolute Gasteiger partial charge is 0.370 e. The van der Waals surface area contributed by atoms with Gasteiger partial charge in [0.15, 0.2) is 5.96 Å². The number of hydrogen-bond acceptors (Lipinski definition) is 2. The molecule has 114 valence electrons. The smallest absolute Gasteiger partial charge is 0.193 e. The third-order valence-electron chi connectivity index (χ3n) is 4.09. The van der Waals surface area contributed by atoms with Gasteiger partial charge in [-0.15, -0.1) is 0 Å². The third-order valence-corrected chi connectivity index (χ3v) is 4.09. The summed E-state index contributed by atoms with van der Waals surface area (Å²) in [4.78, 5) is 6.76. The Kier molecular flexibility index (Phi) is 4.05. The van der Waals surface area contributed by atoms with Gasteiger partial charge < -0.3 is 16.0 Å². The number of nitrogens with one attached hydrogen (secondary N) is 1. The normalized spacial score (nSPS) is 23.5. The van der Waals surface area contributed by atoms with Crippen LogP contribution in [0, 0.1) is 17.6 Å². The molecule has 1 aromatic rings. The molecule has 0 bridgehead atoms. The lowest BCUT2D eigenvalue weighted by Crippen LogP contribution is -2.26. The molecule has 1 atom stereocenters. The zero-order valence-electron chi connectivity index (χ0n) is 11.9. The van der Waals surface area contributed by atoms with Crippen molar-refractivity contribution >= 4 is 11.6 Å². The zero-order valence-corrected chi connectivity index (χ0v) is 11.9. The van der Waals surface area contributed by atoms with E-state index in [-0.39, 0.29) is 11.6 Å². The topological polar surface area (TPSA) is 53.6 Å². The Balaban J connectivity index is 1.52. The van der Waals surface area contributed by atoms with Gasteiger partial charge in [-0.1, -0.05) is 0 Å². The van der Waals surface area contributed by atoms with E-state index in [1.807, 2.05) is 0 Å². The summed E-state index contributed by atoms with van der Waals surface area (Å²) in [6.07, 6.45) is 3.76. The van der Waals surface area contributed by atoms with Crippen molar-refractivity contribution in [1.29, 1.82) is 0 Å². The summed E-state index contributed by atoms with van der Waals surface area (Å²) in [5.74, 6) is -0.425. The van der Waals surface area contributed by atoms with E-state index >= 15 is 0 Å². The monoisotopic (exact) mass is 294 g/mol. The molecule has 1 saturated heterocycles. The van der Waals surface area contributed by atoms with Crippen LogP contribution in [-0.4, -0.2) is 36.5 Å². The highest BCUT2D eigenvalue weighted by Gasteiger charge is 2.34. The highest BCUT2D eigenvalue weighted by Crippen LogP contribution is 2.31. The molecule has 1 aliphatic carbocycles. The molecule has 2 aliphatic rings. The molecular formula is C15H20F2N4. The van der Waals surface area contributed by atoms with Gasteiger partial charge in [0.1, 0.15) is 11.6 Å². The summed E-state index contributed by atoms with van der Waals surface area (Å²) in [5, 5.41) is 2.62. The van der Waals surface area contributed by atoms with Gasteiger partial charge in [-0.25, -0.2) is 8.78 Å². The van der Waals surface area contributed by atoms with Crippen molar-refractivity contribution in [2.45, 2.75) is 25.3 Å². The van der Waals surface area contributed by atoms with Crippen LogP contribution in [0.4, 0.5) is 14.5 Å².